The molecule has 2 aromatic carbocycles. The number of hydrogen-bond donors (Lipinski definition) is 2. The molecule has 5 aromatic heterocycles. The van der Waals surface area contributed by atoms with Crippen LogP contribution < -0.4 is 5.32 Å². The van der Waals surface area contributed by atoms with Crippen molar-refractivity contribution < 1.29 is 14.0 Å². The molecule has 2 amide bonds. The summed E-state index contributed by atoms with van der Waals surface area (Å²) in [5.41, 5.74) is 6.32. The molecule has 46 heavy (non-hydrogen) atoms. The minimum atomic E-state index is -0.336. The van der Waals surface area contributed by atoms with Crippen molar-refractivity contribution in [2.24, 2.45) is 0 Å². The lowest BCUT2D eigenvalue weighted by Gasteiger charge is -2.32. The number of fused-ring (bicyclic) bond motifs is 4. The predicted molar refractivity (Wildman–Crippen MR) is 174 cm³/mol. The number of likely N-dealkylation sites (tertiary alicyclic amines) is 1. The first-order chi connectivity index (χ1) is 22.5. The van der Waals surface area contributed by atoms with E-state index in [1.54, 1.807) is 46.2 Å². The maximum absolute atomic E-state index is 13.8. The van der Waals surface area contributed by atoms with Crippen LogP contribution in [0.3, 0.4) is 0 Å². The van der Waals surface area contributed by atoms with Gasteiger partial charge in [0.15, 0.2) is 5.69 Å². The molecule has 1 aliphatic heterocycles. The van der Waals surface area contributed by atoms with Crippen LogP contribution in [0.15, 0.2) is 104 Å². The lowest BCUT2D eigenvalue weighted by molar-refractivity contribution is 0.0694. The lowest BCUT2D eigenvalue weighted by atomic mass is 10.0. The van der Waals surface area contributed by atoms with E-state index in [-0.39, 0.29) is 23.7 Å². The number of aromatic nitrogens is 5. The van der Waals surface area contributed by atoms with Gasteiger partial charge in [-0.05, 0) is 79.1 Å². The molecule has 0 saturated carbocycles. The highest BCUT2D eigenvalue weighted by atomic mass is 19.1. The highest BCUT2D eigenvalue weighted by molar-refractivity contribution is 6.13. The van der Waals surface area contributed by atoms with Crippen molar-refractivity contribution in [1.82, 2.24) is 34.8 Å². The predicted octanol–water partition coefficient (Wildman–Crippen LogP) is 6.27. The summed E-state index contributed by atoms with van der Waals surface area (Å²) in [7, 11) is 0. The summed E-state index contributed by atoms with van der Waals surface area (Å²) in [6.07, 6.45) is 6.31. The Kier molecular flexibility index (Phi) is 6.75. The Labute approximate surface area is 262 Å². The number of nitrogens with zero attached hydrogens (tertiary/aromatic N) is 5. The van der Waals surface area contributed by atoms with Crippen LogP contribution in [0.1, 0.15) is 33.8 Å². The number of carbonyl (C=O) groups is 2. The van der Waals surface area contributed by atoms with Crippen LogP contribution in [0.25, 0.3) is 49.7 Å². The molecule has 0 unspecified atom stereocenters. The Morgan fingerprint density at radius 3 is 2.41 bits per heavy atom. The van der Waals surface area contributed by atoms with Gasteiger partial charge in [0.1, 0.15) is 17.2 Å². The Balaban J connectivity index is 1.03. The Bertz CT molecular complexity index is 2250. The second-order valence-corrected chi connectivity index (χ2v) is 11.5. The van der Waals surface area contributed by atoms with Crippen molar-refractivity contribution in [2.45, 2.75) is 18.9 Å². The summed E-state index contributed by atoms with van der Waals surface area (Å²) in [5.74, 6) is -0.716. The van der Waals surface area contributed by atoms with Gasteiger partial charge in [-0.1, -0.05) is 24.3 Å². The monoisotopic (exact) mass is 609 g/mol. The number of nitrogens with one attached hydrogen (secondary N) is 2. The smallest absolute Gasteiger partial charge is 0.274 e. The van der Waals surface area contributed by atoms with Crippen LogP contribution in [0.2, 0.25) is 0 Å². The van der Waals surface area contributed by atoms with Crippen LogP contribution in [0.5, 0.6) is 0 Å². The lowest BCUT2D eigenvalue weighted by Crippen LogP contribution is -2.47. The van der Waals surface area contributed by atoms with Crippen molar-refractivity contribution in [1.29, 1.82) is 0 Å². The van der Waals surface area contributed by atoms with Gasteiger partial charge >= 0.3 is 0 Å². The molecule has 10 heteroatoms. The van der Waals surface area contributed by atoms with Crippen LogP contribution in [-0.2, 0) is 0 Å². The van der Waals surface area contributed by atoms with E-state index in [4.69, 9.17) is 5.10 Å². The number of piperidine rings is 1. The Morgan fingerprint density at radius 1 is 0.826 bits per heavy atom. The van der Waals surface area contributed by atoms with E-state index in [9.17, 15) is 14.0 Å². The molecular formula is C36H28FN7O2. The van der Waals surface area contributed by atoms with Crippen molar-refractivity contribution in [2.75, 3.05) is 13.1 Å². The minimum Gasteiger partial charge on any atom is -0.353 e. The zero-order chi connectivity index (χ0) is 31.2. The second kappa shape index (κ2) is 11.2. The van der Waals surface area contributed by atoms with E-state index in [1.165, 1.54) is 12.1 Å². The van der Waals surface area contributed by atoms with E-state index >= 15 is 0 Å². The fourth-order valence-corrected chi connectivity index (χ4v) is 6.43. The van der Waals surface area contributed by atoms with Crippen LogP contribution >= 0.6 is 0 Å². The molecular weight excluding hydrogens is 581 g/mol. The first-order valence-electron chi connectivity index (χ1n) is 15.2. The molecule has 1 aliphatic rings. The van der Waals surface area contributed by atoms with E-state index in [2.05, 4.69) is 20.3 Å². The number of pyridine rings is 3. The summed E-state index contributed by atoms with van der Waals surface area (Å²) in [6.45, 7) is 0.990. The molecule has 8 rings (SSSR count). The number of benzene rings is 2. The van der Waals surface area contributed by atoms with E-state index < -0.39 is 0 Å². The average Bonchev–Trinajstić information content (AvgIpc) is 3.68. The first-order valence-corrected chi connectivity index (χ1v) is 15.2. The molecule has 9 nitrogen and oxygen atoms in total. The van der Waals surface area contributed by atoms with Gasteiger partial charge in [-0.2, -0.15) is 5.10 Å². The highest BCUT2D eigenvalue weighted by Gasteiger charge is 2.28. The number of rotatable bonds is 5. The molecule has 7 aromatic rings. The van der Waals surface area contributed by atoms with Crippen LogP contribution in [0, 0.1) is 5.82 Å². The number of carbonyl (C=O) groups excluding carboxylic acids is 2. The molecule has 0 bridgehead atoms. The maximum Gasteiger partial charge on any atom is 0.274 e. The number of H-pyrrole nitrogens is 1. The van der Waals surface area contributed by atoms with Crippen molar-refractivity contribution >= 4 is 39.1 Å². The quantitative estimate of drug-likeness (QED) is 0.239. The van der Waals surface area contributed by atoms with E-state index in [0.29, 0.717) is 43.0 Å². The second-order valence-electron chi connectivity index (χ2n) is 11.5. The summed E-state index contributed by atoms with van der Waals surface area (Å²) in [5, 5.41) is 10.1. The molecule has 0 aliphatic carbocycles. The molecule has 0 spiro atoms. The van der Waals surface area contributed by atoms with Gasteiger partial charge in [0.25, 0.3) is 11.8 Å². The molecule has 0 radical (unpaired) electrons. The molecule has 1 fully saturated rings. The van der Waals surface area contributed by atoms with Gasteiger partial charge < -0.3 is 15.2 Å². The Hall–Kier alpha value is -5.90. The summed E-state index contributed by atoms with van der Waals surface area (Å²) in [4.78, 5) is 41.1. The maximum atomic E-state index is 13.8. The normalized spacial score (nSPS) is 13.9. The van der Waals surface area contributed by atoms with Gasteiger partial charge in [-0.3, -0.25) is 14.6 Å². The fourth-order valence-electron chi connectivity index (χ4n) is 6.43. The first kappa shape index (κ1) is 27.6. The zero-order valence-corrected chi connectivity index (χ0v) is 24.7. The topological polar surface area (TPSA) is 108 Å². The van der Waals surface area contributed by atoms with E-state index in [0.717, 1.165) is 44.0 Å². The minimum absolute atomic E-state index is 0.115. The zero-order valence-electron chi connectivity index (χ0n) is 24.7. The summed E-state index contributed by atoms with van der Waals surface area (Å²) < 4.78 is 15.4. The molecule has 6 heterocycles. The number of hydrogen-bond acceptors (Lipinski definition) is 5. The van der Waals surface area contributed by atoms with Gasteiger partial charge in [-0.25, -0.2) is 13.9 Å². The fraction of sp³-hybridized carbons (Fsp3) is 0.139. The number of para-hydroxylation sites is 1. The molecule has 0 atom stereocenters. The largest absolute Gasteiger partial charge is 0.353 e. The van der Waals surface area contributed by atoms with Gasteiger partial charge in [-0.15, -0.1) is 0 Å². The Morgan fingerprint density at radius 2 is 1.61 bits per heavy atom. The number of aromatic amines is 1. The average molecular weight is 610 g/mol. The van der Waals surface area contributed by atoms with Gasteiger partial charge in [0, 0.05) is 65.1 Å². The van der Waals surface area contributed by atoms with Crippen LogP contribution in [0.4, 0.5) is 4.39 Å². The number of halogens is 1. The molecule has 1 saturated heterocycles. The third kappa shape index (κ3) is 4.75. The third-order valence-corrected chi connectivity index (χ3v) is 8.72. The van der Waals surface area contributed by atoms with Crippen molar-refractivity contribution in [3.63, 3.8) is 0 Å². The SMILES string of the molecule is O=C(NC1CCN(C(=O)c2nccc3c2[nH]c2ccccc23)CC1)c1cccc2c(-c3ccncc3)c(-c3ccc(F)cc3)nn12. The third-order valence-electron chi connectivity index (χ3n) is 8.72. The van der Waals surface area contributed by atoms with E-state index in [1.807, 2.05) is 54.6 Å². The molecule has 2 N–H and O–H groups in total. The summed E-state index contributed by atoms with van der Waals surface area (Å²) in [6, 6.07) is 25.2. The van der Waals surface area contributed by atoms with Crippen molar-refractivity contribution in [3.05, 3.63) is 121 Å². The van der Waals surface area contributed by atoms with Gasteiger partial charge in [0.2, 0.25) is 0 Å². The van der Waals surface area contributed by atoms with Crippen molar-refractivity contribution in [3.8, 4) is 22.4 Å². The summed E-state index contributed by atoms with van der Waals surface area (Å²) >= 11 is 0. The standard InChI is InChI=1S/C36H28FN7O2/c37-24-10-8-23(9-11-24)32-31(22-12-17-38-18-13-22)29-6-3-7-30(44(29)42-32)35(45)40-25-15-20-43(21-16-25)36(46)34-33-27(14-19-39-34)26-4-1-2-5-28(26)41-33/h1-14,17-19,25,41H,15-16,20-21H2,(H,40,45). The highest BCUT2D eigenvalue weighted by Crippen LogP contribution is 2.35. The number of amides is 2. The molecule has 226 valence electrons. The van der Waals surface area contributed by atoms with Gasteiger partial charge in [0.05, 0.1) is 11.0 Å². The van der Waals surface area contributed by atoms with Crippen LogP contribution in [-0.4, -0.2) is 60.4 Å².